The van der Waals surface area contributed by atoms with Crippen LogP contribution in [0.15, 0.2) is 0 Å². The Kier molecular flexibility index (Phi) is 5.42. The summed E-state index contributed by atoms with van der Waals surface area (Å²) in [5.41, 5.74) is 0. The number of carbonyl (C=O) groups is 1. The molecule has 1 atom stereocenters. The summed E-state index contributed by atoms with van der Waals surface area (Å²) in [6.45, 7) is 8.04. The van der Waals surface area contributed by atoms with E-state index in [9.17, 15) is 4.79 Å². The summed E-state index contributed by atoms with van der Waals surface area (Å²) in [5, 5.41) is 9.08. The van der Waals surface area contributed by atoms with Gasteiger partial charge in [0.2, 0.25) is 5.91 Å². The van der Waals surface area contributed by atoms with Crippen molar-refractivity contribution < 1.29 is 4.79 Å². The molecule has 0 saturated carbocycles. The minimum Gasteiger partial charge on any atom is -0.343 e. The molecule has 2 rings (SSSR count). The van der Waals surface area contributed by atoms with E-state index in [4.69, 9.17) is 5.26 Å². The standard InChI is InChI=1S/C16H27N3O/c1-13(2)10-16(20)18-8-5-15(6-9-18)19-7-3-4-14(11-17)12-19/h13-15H,3-10,12H2,1-2H3. The molecular weight excluding hydrogens is 250 g/mol. The molecule has 112 valence electrons. The Morgan fingerprint density at radius 1 is 1.25 bits per heavy atom. The summed E-state index contributed by atoms with van der Waals surface area (Å²) < 4.78 is 0. The Labute approximate surface area is 122 Å². The van der Waals surface area contributed by atoms with E-state index >= 15 is 0 Å². The van der Waals surface area contributed by atoms with Crippen LogP contribution in [0.4, 0.5) is 0 Å². The molecule has 0 aromatic heterocycles. The Morgan fingerprint density at radius 3 is 2.55 bits per heavy atom. The number of nitriles is 1. The lowest BCUT2D eigenvalue weighted by atomic mass is 9.94. The van der Waals surface area contributed by atoms with E-state index in [-0.39, 0.29) is 5.92 Å². The van der Waals surface area contributed by atoms with Gasteiger partial charge >= 0.3 is 0 Å². The van der Waals surface area contributed by atoms with Crippen molar-refractivity contribution in [2.24, 2.45) is 11.8 Å². The lowest BCUT2D eigenvalue weighted by molar-refractivity contribution is -0.133. The van der Waals surface area contributed by atoms with Gasteiger partial charge in [-0.05, 0) is 38.1 Å². The van der Waals surface area contributed by atoms with Gasteiger partial charge in [-0.15, -0.1) is 0 Å². The molecule has 2 saturated heterocycles. The topological polar surface area (TPSA) is 47.3 Å². The van der Waals surface area contributed by atoms with E-state index < -0.39 is 0 Å². The zero-order valence-corrected chi connectivity index (χ0v) is 12.8. The quantitative estimate of drug-likeness (QED) is 0.795. The van der Waals surface area contributed by atoms with Crippen LogP contribution in [0.3, 0.4) is 0 Å². The summed E-state index contributed by atoms with van der Waals surface area (Å²) in [6.07, 6.45) is 5.01. The molecule has 4 heteroatoms. The molecule has 0 aromatic carbocycles. The van der Waals surface area contributed by atoms with Crippen LogP contribution in [0.1, 0.15) is 46.0 Å². The van der Waals surface area contributed by atoms with Crippen LogP contribution in [0.2, 0.25) is 0 Å². The van der Waals surface area contributed by atoms with Crippen LogP contribution < -0.4 is 0 Å². The molecule has 2 heterocycles. The van der Waals surface area contributed by atoms with Crippen LogP contribution >= 0.6 is 0 Å². The zero-order valence-electron chi connectivity index (χ0n) is 12.8. The fourth-order valence-corrected chi connectivity index (χ4v) is 3.40. The molecule has 0 N–H and O–H groups in total. The Hall–Kier alpha value is -1.08. The largest absolute Gasteiger partial charge is 0.343 e. The fourth-order valence-electron chi connectivity index (χ4n) is 3.40. The van der Waals surface area contributed by atoms with E-state index in [1.807, 2.05) is 4.90 Å². The van der Waals surface area contributed by atoms with Gasteiger partial charge in [0.15, 0.2) is 0 Å². The summed E-state index contributed by atoms with van der Waals surface area (Å²) >= 11 is 0. The highest BCUT2D eigenvalue weighted by Crippen LogP contribution is 2.24. The van der Waals surface area contributed by atoms with E-state index in [2.05, 4.69) is 24.8 Å². The number of likely N-dealkylation sites (tertiary alicyclic amines) is 2. The summed E-state index contributed by atoms with van der Waals surface area (Å²) in [7, 11) is 0. The molecule has 0 aromatic rings. The molecule has 0 bridgehead atoms. The van der Waals surface area contributed by atoms with Crippen molar-refractivity contribution in [2.45, 2.75) is 52.0 Å². The average molecular weight is 277 g/mol. The first-order valence-electron chi connectivity index (χ1n) is 8.01. The Balaban J connectivity index is 1.79. The number of hydrogen-bond acceptors (Lipinski definition) is 3. The molecule has 4 nitrogen and oxygen atoms in total. The first kappa shape index (κ1) is 15.3. The van der Waals surface area contributed by atoms with Crippen molar-refractivity contribution >= 4 is 5.91 Å². The number of amides is 1. The van der Waals surface area contributed by atoms with Crippen LogP contribution in [0.25, 0.3) is 0 Å². The van der Waals surface area contributed by atoms with Crippen LogP contribution in [0, 0.1) is 23.2 Å². The van der Waals surface area contributed by atoms with E-state index in [0.29, 0.717) is 24.3 Å². The third-order valence-corrected chi connectivity index (χ3v) is 4.55. The van der Waals surface area contributed by atoms with Gasteiger partial charge in [-0.25, -0.2) is 0 Å². The maximum absolute atomic E-state index is 12.1. The van der Waals surface area contributed by atoms with E-state index in [1.165, 1.54) is 0 Å². The highest BCUT2D eigenvalue weighted by atomic mass is 16.2. The minimum absolute atomic E-state index is 0.212. The maximum atomic E-state index is 12.1. The van der Waals surface area contributed by atoms with Crippen molar-refractivity contribution in [3.8, 4) is 6.07 Å². The van der Waals surface area contributed by atoms with Crippen molar-refractivity contribution in [1.29, 1.82) is 5.26 Å². The lowest BCUT2D eigenvalue weighted by Gasteiger charge is -2.41. The van der Waals surface area contributed by atoms with E-state index in [1.54, 1.807) is 0 Å². The van der Waals surface area contributed by atoms with Gasteiger partial charge in [-0.2, -0.15) is 5.26 Å². The lowest BCUT2D eigenvalue weighted by Crippen LogP contribution is -2.49. The highest BCUT2D eigenvalue weighted by molar-refractivity contribution is 5.76. The number of piperidine rings is 2. The highest BCUT2D eigenvalue weighted by Gasteiger charge is 2.30. The minimum atomic E-state index is 0.212. The second-order valence-corrected chi connectivity index (χ2v) is 6.67. The van der Waals surface area contributed by atoms with Gasteiger partial charge in [-0.1, -0.05) is 13.8 Å². The second-order valence-electron chi connectivity index (χ2n) is 6.67. The molecule has 2 aliphatic heterocycles. The van der Waals surface area contributed by atoms with Crippen LogP contribution in [-0.4, -0.2) is 47.9 Å². The summed E-state index contributed by atoms with van der Waals surface area (Å²) in [4.78, 5) is 16.6. The number of nitrogens with zero attached hydrogens (tertiary/aromatic N) is 3. The molecule has 2 aliphatic rings. The van der Waals surface area contributed by atoms with Gasteiger partial charge in [-0.3, -0.25) is 9.69 Å². The molecule has 0 aliphatic carbocycles. The summed E-state index contributed by atoms with van der Waals surface area (Å²) in [5.74, 6) is 0.968. The SMILES string of the molecule is CC(C)CC(=O)N1CCC(N2CCCC(C#N)C2)CC1. The maximum Gasteiger partial charge on any atom is 0.222 e. The molecular formula is C16H27N3O. The van der Waals surface area contributed by atoms with Crippen molar-refractivity contribution in [3.05, 3.63) is 0 Å². The molecule has 0 spiro atoms. The van der Waals surface area contributed by atoms with Gasteiger partial charge in [0, 0.05) is 32.1 Å². The first-order chi connectivity index (χ1) is 9.60. The third-order valence-electron chi connectivity index (χ3n) is 4.55. The number of carbonyl (C=O) groups excluding carboxylic acids is 1. The van der Waals surface area contributed by atoms with Gasteiger partial charge < -0.3 is 4.90 Å². The fraction of sp³-hybridized carbons (Fsp3) is 0.875. The van der Waals surface area contributed by atoms with Crippen molar-refractivity contribution in [3.63, 3.8) is 0 Å². The predicted octanol–water partition coefficient (Wildman–Crippen LogP) is 2.26. The molecule has 0 radical (unpaired) electrons. The Morgan fingerprint density at radius 2 is 1.95 bits per heavy atom. The molecule has 2 fully saturated rings. The monoisotopic (exact) mass is 277 g/mol. The molecule has 1 unspecified atom stereocenters. The number of hydrogen-bond donors (Lipinski definition) is 0. The molecule has 1 amide bonds. The second kappa shape index (κ2) is 7.08. The van der Waals surface area contributed by atoms with Gasteiger partial charge in [0.1, 0.15) is 0 Å². The van der Waals surface area contributed by atoms with Crippen molar-refractivity contribution in [2.75, 3.05) is 26.2 Å². The number of rotatable bonds is 3. The predicted molar refractivity (Wildman–Crippen MR) is 79.0 cm³/mol. The van der Waals surface area contributed by atoms with Gasteiger partial charge in [0.05, 0.1) is 12.0 Å². The molecule has 20 heavy (non-hydrogen) atoms. The van der Waals surface area contributed by atoms with E-state index in [0.717, 1.165) is 51.9 Å². The Bertz CT molecular complexity index is 366. The van der Waals surface area contributed by atoms with Crippen LogP contribution in [-0.2, 0) is 4.79 Å². The van der Waals surface area contributed by atoms with Gasteiger partial charge in [0.25, 0.3) is 0 Å². The smallest absolute Gasteiger partial charge is 0.222 e. The van der Waals surface area contributed by atoms with Crippen LogP contribution in [0.5, 0.6) is 0 Å². The zero-order chi connectivity index (χ0) is 14.5. The normalized spacial score (nSPS) is 25.7. The summed E-state index contributed by atoms with van der Waals surface area (Å²) in [6, 6.07) is 2.99. The first-order valence-corrected chi connectivity index (χ1v) is 8.01. The third kappa shape index (κ3) is 3.96. The average Bonchev–Trinajstić information content (AvgIpc) is 2.47. The van der Waals surface area contributed by atoms with Crippen molar-refractivity contribution in [1.82, 2.24) is 9.80 Å².